The van der Waals surface area contributed by atoms with E-state index < -0.39 is 5.97 Å². The zero-order chi connectivity index (χ0) is 19.5. The van der Waals surface area contributed by atoms with Gasteiger partial charge in [-0.05, 0) is 29.8 Å². The second kappa shape index (κ2) is 7.31. The standard InChI is InChI=1S/C19H17N5O4/c20-18-21-19(22-24(18)15-8-6-14(7-9-15)17(25)26)23(16-11-27-12-28-16)10-13-4-2-1-3-5-13/h1-9,11H,10,12H2,(H,25,26)(H2,20,21,22). The van der Waals surface area contributed by atoms with Gasteiger partial charge in [0.05, 0.1) is 17.8 Å². The van der Waals surface area contributed by atoms with Crippen LogP contribution < -0.4 is 10.6 Å². The Morgan fingerprint density at radius 2 is 1.93 bits per heavy atom. The molecule has 0 radical (unpaired) electrons. The zero-order valence-electron chi connectivity index (χ0n) is 14.7. The minimum atomic E-state index is -1.00. The number of carboxylic acids is 1. The van der Waals surface area contributed by atoms with Crippen LogP contribution in [-0.2, 0) is 16.0 Å². The molecule has 9 nitrogen and oxygen atoms in total. The summed E-state index contributed by atoms with van der Waals surface area (Å²) in [5.74, 6) is -0.0311. The minimum absolute atomic E-state index is 0.119. The predicted molar refractivity (Wildman–Crippen MR) is 100 cm³/mol. The molecule has 142 valence electrons. The van der Waals surface area contributed by atoms with Crippen molar-refractivity contribution in [1.29, 1.82) is 0 Å². The number of nitrogens with zero attached hydrogens (tertiary/aromatic N) is 4. The predicted octanol–water partition coefficient (Wildman–Crippen LogP) is 2.36. The minimum Gasteiger partial charge on any atom is -0.478 e. The van der Waals surface area contributed by atoms with Crippen LogP contribution in [0.15, 0.2) is 66.7 Å². The molecule has 0 aliphatic carbocycles. The number of aromatic nitrogens is 3. The van der Waals surface area contributed by atoms with E-state index in [2.05, 4.69) is 10.1 Å². The normalized spacial score (nSPS) is 12.8. The van der Waals surface area contributed by atoms with Gasteiger partial charge in [-0.25, -0.2) is 4.79 Å². The molecule has 28 heavy (non-hydrogen) atoms. The van der Waals surface area contributed by atoms with Crippen LogP contribution in [0.5, 0.6) is 0 Å². The molecule has 0 bridgehead atoms. The Morgan fingerprint density at radius 3 is 2.57 bits per heavy atom. The van der Waals surface area contributed by atoms with E-state index in [1.807, 2.05) is 30.3 Å². The third kappa shape index (κ3) is 3.45. The SMILES string of the molecule is Nc1nc(N(Cc2ccccc2)C2=COCO2)nn1-c1ccc(C(=O)O)cc1. The number of carbonyl (C=O) groups is 1. The van der Waals surface area contributed by atoms with Gasteiger partial charge >= 0.3 is 5.97 Å². The molecule has 9 heteroatoms. The molecule has 0 spiro atoms. The molecule has 1 aliphatic heterocycles. The van der Waals surface area contributed by atoms with Gasteiger partial charge in [-0.1, -0.05) is 30.3 Å². The van der Waals surface area contributed by atoms with Gasteiger partial charge in [0.1, 0.15) is 6.26 Å². The van der Waals surface area contributed by atoms with E-state index in [-0.39, 0.29) is 18.3 Å². The molecule has 2 aromatic carbocycles. The van der Waals surface area contributed by atoms with Crippen LogP contribution in [0.1, 0.15) is 15.9 Å². The molecule has 2 heterocycles. The molecule has 0 atom stereocenters. The molecule has 0 saturated carbocycles. The number of hydrogen-bond donors (Lipinski definition) is 2. The Morgan fingerprint density at radius 1 is 1.18 bits per heavy atom. The van der Waals surface area contributed by atoms with Gasteiger partial charge in [0.25, 0.3) is 5.95 Å². The quantitative estimate of drug-likeness (QED) is 0.671. The molecule has 1 aliphatic rings. The van der Waals surface area contributed by atoms with E-state index in [0.717, 1.165) is 5.56 Å². The molecule has 0 amide bonds. The molecule has 3 N–H and O–H groups in total. The first-order valence-corrected chi connectivity index (χ1v) is 8.44. The van der Waals surface area contributed by atoms with Gasteiger partial charge in [0.15, 0.2) is 0 Å². The highest BCUT2D eigenvalue weighted by molar-refractivity contribution is 5.87. The Labute approximate surface area is 160 Å². The van der Waals surface area contributed by atoms with Crippen LogP contribution in [-0.4, -0.2) is 32.6 Å². The van der Waals surface area contributed by atoms with Crippen LogP contribution in [0, 0.1) is 0 Å². The van der Waals surface area contributed by atoms with E-state index in [1.165, 1.54) is 23.1 Å². The van der Waals surface area contributed by atoms with Crippen LogP contribution in [0.3, 0.4) is 0 Å². The third-order valence-electron chi connectivity index (χ3n) is 4.13. The van der Waals surface area contributed by atoms with Crippen molar-refractivity contribution >= 4 is 17.9 Å². The number of nitrogens with two attached hydrogens (primary N) is 1. The lowest BCUT2D eigenvalue weighted by molar-refractivity contribution is 0.0696. The van der Waals surface area contributed by atoms with Crippen LogP contribution >= 0.6 is 0 Å². The fourth-order valence-electron chi connectivity index (χ4n) is 2.75. The van der Waals surface area contributed by atoms with E-state index in [4.69, 9.17) is 20.3 Å². The van der Waals surface area contributed by atoms with Gasteiger partial charge in [-0.2, -0.15) is 9.67 Å². The fraction of sp³-hybridized carbons (Fsp3) is 0.105. The van der Waals surface area contributed by atoms with E-state index >= 15 is 0 Å². The maximum absolute atomic E-state index is 11.0. The first-order chi connectivity index (χ1) is 13.6. The molecular weight excluding hydrogens is 362 g/mol. The fourth-order valence-corrected chi connectivity index (χ4v) is 2.75. The monoisotopic (exact) mass is 379 g/mol. The van der Waals surface area contributed by atoms with Crippen molar-refractivity contribution in [3.8, 4) is 5.69 Å². The molecule has 0 fully saturated rings. The first-order valence-electron chi connectivity index (χ1n) is 8.44. The molecule has 4 rings (SSSR count). The topological polar surface area (TPSA) is 116 Å². The van der Waals surface area contributed by atoms with E-state index in [1.54, 1.807) is 17.0 Å². The van der Waals surface area contributed by atoms with Crippen molar-refractivity contribution in [2.75, 3.05) is 17.4 Å². The van der Waals surface area contributed by atoms with Crippen molar-refractivity contribution < 1.29 is 19.4 Å². The number of ether oxygens (including phenoxy) is 2. The highest BCUT2D eigenvalue weighted by Crippen LogP contribution is 2.24. The van der Waals surface area contributed by atoms with Crippen molar-refractivity contribution in [2.24, 2.45) is 0 Å². The molecular formula is C19H17N5O4. The molecule has 0 saturated heterocycles. The molecule has 3 aromatic rings. The smallest absolute Gasteiger partial charge is 0.335 e. The average Bonchev–Trinajstić information content (AvgIpc) is 3.37. The van der Waals surface area contributed by atoms with E-state index in [0.29, 0.717) is 24.1 Å². The summed E-state index contributed by atoms with van der Waals surface area (Å²) in [6.45, 7) is 0.574. The summed E-state index contributed by atoms with van der Waals surface area (Å²) in [6.07, 6.45) is 1.50. The first kappa shape index (κ1) is 17.4. The van der Waals surface area contributed by atoms with Gasteiger partial charge in [-0.3, -0.25) is 4.90 Å². The average molecular weight is 379 g/mol. The second-order valence-electron chi connectivity index (χ2n) is 5.99. The van der Waals surface area contributed by atoms with Crippen LogP contribution in [0.25, 0.3) is 5.69 Å². The Hall–Kier alpha value is -4.01. The summed E-state index contributed by atoms with van der Waals surface area (Å²) in [4.78, 5) is 17.1. The summed E-state index contributed by atoms with van der Waals surface area (Å²) in [5.41, 5.74) is 7.86. The lowest BCUT2D eigenvalue weighted by Crippen LogP contribution is -2.23. The zero-order valence-corrected chi connectivity index (χ0v) is 14.7. The second-order valence-corrected chi connectivity index (χ2v) is 5.99. The number of benzene rings is 2. The number of aromatic carboxylic acids is 1. The largest absolute Gasteiger partial charge is 0.478 e. The lowest BCUT2D eigenvalue weighted by atomic mass is 10.2. The summed E-state index contributed by atoms with van der Waals surface area (Å²) >= 11 is 0. The van der Waals surface area contributed by atoms with Crippen molar-refractivity contribution in [3.05, 3.63) is 77.9 Å². The number of carboxylic acid groups (broad SMARTS) is 1. The number of rotatable bonds is 6. The highest BCUT2D eigenvalue weighted by Gasteiger charge is 2.23. The summed E-state index contributed by atoms with van der Waals surface area (Å²) in [7, 11) is 0. The van der Waals surface area contributed by atoms with Crippen molar-refractivity contribution in [3.63, 3.8) is 0 Å². The van der Waals surface area contributed by atoms with Crippen LogP contribution in [0.4, 0.5) is 11.9 Å². The van der Waals surface area contributed by atoms with Gasteiger partial charge < -0.3 is 20.3 Å². The lowest BCUT2D eigenvalue weighted by Gasteiger charge is -2.20. The summed E-state index contributed by atoms with van der Waals surface area (Å²) in [6, 6.07) is 16.0. The maximum Gasteiger partial charge on any atom is 0.335 e. The third-order valence-corrected chi connectivity index (χ3v) is 4.13. The number of hydrogen-bond acceptors (Lipinski definition) is 7. The number of anilines is 2. The van der Waals surface area contributed by atoms with Crippen molar-refractivity contribution in [1.82, 2.24) is 14.8 Å². The number of nitrogen functional groups attached to an aromatic ring is 1. The highest BCUT2D eigenvalue weighted by atomic mass is 16.7. The van der Waals surface area contributed by atoms with Crippen molar-refractivity contribution in [2.45, 2.75) is 6.54 Å². The van der Waals surface area contributed by atoms with Gasteiger partial charge in [0.2, 0.25) is 18.6 Å². The summed E-state index contributed by atoms with van der Waals surface area (Å²) < 4.78 is 12.1. The van der Waals surface area contributed by atoms with E-state index in [9.17, 15) is 4.79 Å². The Bertz CT molecular complexity index is 1010. The van der Waals surface area contributed by atoms with Crippen LogP contribution in [0.2, 0.25) is 0 Å². The molecule has 0 unspecified atom stereocenters. The maximum atomic E-state index is 11.0. The summed E-state index contributed by atoms with van der Waals surface area (Å²) in [5, 5.41) is 13.5. The molecule has 1 aromatic heterocycles. The van der Waals surface area contributed by atoms with Gasteiger partial charge in [0, 0.05) is 0 Å². The Kier molecular flexibility index (Phi) is 4.55. The Balaban J connectivity index is 1.67. The van der Waals surface area contributed by atoms with Gasteiger partial charge in [-0.15, -0.1) is 5.10 Å².